The van der Waals surface area contributed by atoms with Crippen LogP contribution in [0.2, 0.25) is 0 Å². The maximum atomic E-state index is 14.2. The second-order valence-corrected chi connectivity index (χ2v) is 11.7. The quantitative estimate of drug-likeness (QED) is 0.153. The molecule has 1 fully saturated rings. The highest BCUT2D eigenvalue weighted by atomic mass is 19.4. The van der Waals surface area contributed by atoms with Crippen LogP contribution < -0.4 is 16.0 Å². The highest BCUT2D eigenvalue weighted by Crippen LogP contribution is 2.42. The van der Waals surface area contributed by atoms with Crippen molar-refractivity contribution < 1.29 is 54.9 Å². The van der Waals surface area contributed by atoms with E-state index in [0.717, 1.165) is 6.07 Å². The largest absolute Gasteiger partial charge is 0.417 e. The predicted molar refractivity (Wildman–Crippen MR) is 168 cm³/mol. The van der Waals surface area contributed by atoms with E-state index in [0.29, 0.717) is 50.8 Å². The molecule has 1 aromatic carbocycles. The molecule has 0 radical (unpaired) electrons. The van der Waals surface area contributed by atoms with Gasteiger partial charge in [-0.3, -0.25) is 14.4 Å². The third-order valence-electron chi connectivity index (χ3n) is 8.47. The van der Waals surface area contributed by atoms with Gasteiger partial charge in [-0.25, -0.2) is 0 Å². The fraction of sp³-hybridized carbons (Fsp3) is 0.606. The highest BCUT2D eigenvalue weighted by Gasteiger charge is 2.40. The standard InChI is InChI=1S/C33H44F6N4O6/c1-5-31(6-2,30(46)41-12-15-48-17-16-47-14-11-40-22(4)44)42-29(45)25-19-28(43(21(25)3)20-24-8-7-13-49-24)26-18-23(32(34,35)36)9-10-27(26)33(37,38)39/h9-10,18-19,24H,5-8,11-17,20H2,1-4H3,(H,40,44)(H,41,46)(H,42,45). The van der Waals surface area contributed by atoms with Crippen LogP contribution >= 0.6 is 0 Å². The molecule has 0 bridgehead atoms. The molecule has 3 N–H and O–H groups in total. The lowest BCUT2D eigenvalue weighted by Gasteiger charge is -2.31. The fourth-order valence-corrected chi connectivity index (χ4v) is 5.62. The molecule has 1 unspecified atom stereocenters. The number of nitrogens with one attached hydrogen (secondary N) is 3. The Morgan fingerprint density at radius 1 is 0.918 bits per heavy atom. The monoisotopic (exact) mass is 706 g/mol. The summed E-state index contributed by atoms with van der Waals surface area (Å²) >= 11 is 0. The van der Waals surface area contributed by atoms with Gasteiger partial charge in [-0.2, -0.15) is 26.3 Å². The number of alkyl halides is 6. The first-order valence-electron chi connectivity index (χ1n) is 16.1. The van der Waals surface area contributed by atoms with Gasteiger partial charge < -0.3 is 34.7 Å². The molecular weight excluding hydrogens is 662 g/mol. The van der Waals surface area contributed by atoms with E-state index in [-0.39, 0.29) is 68.6 Å². The minimum atomic E-state index is -4.99. The topological polar surface area (TPSA) is 120 Å². The minimum Gasteiger partial charge on any atom is -0.377 e. The summed E-state index contributed by atoms with van der Waals surface area (Å²) in [5.41, 5.74) is -4.78. The van der Waals surface area contributed by atoms with Crippen molar-refractivity contribution in [1.82, 2.24) is 20.5 Å². The first-order valence-corrected chi connectivity index (χ1v) is 16.1. The molecule has 0 saturated carbocycles. The number of halogens is 6. The zero-order chi connectivity index (χ0) is 36.4. The molecule has 3 rings (SSSR count). The van der Waals surface area contributed by atoms with Gasteiger partial charge in [0.1, 0.15) is 5.54 Å². The Bertz CT molecular complexity index is 1430. The zero-order valence-corrected chi connectivity index (χ0v) is 28.0. The summed E-state index contributed by atoms with van der Waals surface area (Å²) in [5.74, 6) is -1.43. The molecule has 16 heteroatoms. The van der Waals surface area contributed by atoms with Crippen molar-refractivity contribution in [3.05, 3.63) is 46.6 Å². The first kappa shape index (κ1) is 39.8. The van der Waals surface area contributed by atoms with Crippen molar-refractivity contribution in [2.24, 2.45) is 0 Å². The van der Waals surface area contributed by atoms with E-state index < -0.39 is 52.5 Å². The number of amides is 3. The molecule has 2 heterocycles. The molecule has 1 aliphatic rings. The Morgan fingerprint density at radius 2 is 1.55 bits per heavy atom. The van der Waals surface area contributed by atoms with Crippen molar-refractivity contribution in [1.29, 1.82) is 0 Å². The maximum Gasteiger partial charge on any atom is 0.417 e. The number of rotatable bonds is 17. The van der Waals surface area contributed by atoms with Crippen LogP contribution in [-0.4, -0.2) is 80.1 Å². The summed E-state index contributed by atoms with van der Waals surface area (Å²) in [4.78, 5) is 38.0. The normalized spacial score (nSPS) is 15.3. The lowest BCUT2D eigenvalue weighted by atomic mass is 9.91. The average molecular weight is 707 g/mol. The van der Waals surface area contributed by atoms with Crippen LogP contribution in [0.15, 0.2) is 24.3 Å². The Hall–Kier alpha value is -3.63. The molecule has 10 nitrogen and oxygen atoms in total. The fourth-order valence-electron chi connectivity index (χ4n) is 5.62. The van der Waals surface area contributed by atoms with Gasteiger partial charge in [-0.15, -0.1) is 0 Å². The van der Waals surface area contributed by atoms with Crippen LogP contribution in [0.1, 0.15) is 73.6 Å². The minimum absolute atomic E-state index is 0.00944. The Balaban J connectivity index is 1.83. The first-order chi connectivity index (χ1) is 23.0. The van der Waals surface area contributed by atoms with Crippen LogP contribution in [0.5, 0.6) is 0 Å². The number of nitrogens with zero attached hydrogens (tertiary/aromatic N) is 1. The van der Waals surface area contributed by atoms with Crippen LogP contribution in [0, 0.1) is 6.92 Å². The molecule has 1 saturated heterocycles. The van der Waals surface area contributed by atoms with Crippen LogP contribution in [0.4, 0.5) is 26.3 Å². The molecular formula is C33H44F6N4O6. The molecule has 3 amide bonds. The third-order valence-corrected chi connectivity index (χ3v) is 8.47. The lowest BCUT2D eigenvalue weighted by molar-refractivity contribution is -0.141. The van der Waals surface area contributed by atoms with E-state index >= 15 is 0 Å². The van der Waals surface area contributed by atoms with Gasteiger partial charge in [0.25, 0.3) is 5.91 Å². The van der Waals surface area contributed by atoms with Crippen LogP contribution in [0.3, 0.4) is 0 Å². The van der Waals surface area contributed by atoms with Gasteiger partial charge in [0.15, 0.2) is 0 Å². The average Bonchev–Trinajstić information content (AvgIpc) is 3.67. The summed E-state index contributed by atoms with van der Waals surface area (Å²) in [6.45, 7) is 8.17. The number of ether oxygens (including phenoxy) is 3. The van der Waals surface area contributed by atoms with Gasteiger partial charge in [0.05, 0.1) is 49.2 Å². The van der Waals surface area contributed by atoms with E-state index in [9.17, 15) is 40.7 Å². The number of aromatic nitrogens is 1. The lowest BCUT2D eigenvalue weighted by Crippen LogP contribution is -2.58. The van der Waals surface area contributed by atoms with Crippen molar-refractivity contribution >= 4 is 17.7 Å². The number of carbonyl (C=O) groups is 3. The van der Waals surface area contributed by atoms with Gasteiger partial charge in [0.2, 0.25) is 11.8 Å². The number of hydrogen-bond acceptors (Lipinski definition) is 6. The predicted octanol–water partition coefficient (Wildman–Crippen LogP) is 5.25. The zero-order valence-electron chi connectivity index (χ0n) is 28.0. The molecule has 1 aromatic heterocycles. The van der Waals surface area contributed by atoms with E-state index in [4.69, 9.17) is 14.2 Å². The van der Waals surface area contributed by atoms with Crippen molar-refractivity contribution in [3.8, 4) is 11.3 Å². The maximum absolute atomic E-state index is 14.2. The molecule has 274 valence electrons. The van der Waals surface area contributed by atoms with Crippen molar-refractivity contribution in [3.63, 3.8) is 0 Å². The van der Waals surface area contributed by atoms with Crippen molar-refractivity contribution in [2.45, 2.75) is 83.9 Å². The molecule has 49 heavy (non-hydrogen) atoms. The number of benzene rings is 1. The second kappa shape index (κ2) is 17.3. The van der Waals surface area contributed by atoms with E-state index in [1.807, 2.05) is 0 Å². The summed E-state index contributed by atoms with van der Waals surface area (Å²) < 4.78 is 101. The molecule has 1 atom stereocenters. The van der Waals surface area contributed by atoms with Gasteiger partial charge >= 0.3 is 12.4 Å². The summed E-state index contributed by atoms with van der Waals surface area (Å²) in [5, 5.41) is 8.08. The SMILES string of the molecule is CCC(CC)(NC(=O)c1cc(-c2cc(C(F)(F)F)ccc2C(F)(F)F)n(CC2CCCO2)c1C)C(=O)NCCOCCOCCNC(C)=O. The number of carbonyl (C=O) groups excluding carboxylic acids is 3. The van der Waals surface area contributed by atoms with Crippen molar-refractivity contribution in [2.75, 3.05) is 46.1 Å². The summed E-state index contributed by atoms with van der Waals surface area (Å²) in [6, 6.07) is 2.36. The third kappa shape index (κ3) is 10.7. The number of hydrogen-bond donors (Lipinski definition) is 3. The molecule has 0 aliphatic carbocycles. The highest BCUT2D eigenvalue weighted by molar-refractivity contribution is 6.01. The van der Waals surface area contributed by atoms with E-state index in [1.165, 1.54) is 18.4 Å². The van der Waals surface area contributed by atoms with Gasteiger partial charge in [-0.05, 0) is 56.9 Å². The summed E-state index contributed by atoms with van der Waals surface area (Å²) in [6.07, 6.45) is -8.71. The molecule has 1 aliphatic heterocycles. The summed E-state index contributed by atoms with van der Waals surface area (Å²) in [7, 11) is 0. The van der Waals surface area contributed by atoms with E-state index in [1.54, 1.807) is 13.8 Å². The molecule has 0 spiro atoms. The van der Waals surface area contributed by atoms with E-state index in [2.05, 4.69) is 16.0 Å². The van der Waals surface area contributed by atoms with Gasteiger partial charge in [-0.1, -0.05) is 13.8 Å². The smallest absolute Gasteiger partial charge is 0.377 e. The van der Waals surface area contributed by atoms with Crippen LogP contribution in [-0.2, 0) is 42.7 Å². The Kier molecular flexibility index (Phi) is 14.1. The van der Waals surface area contributed by atoms with Crippen LogP contribution in [0.25, 0.3) is 11.3 Å². The Morgan fingerprint density at radius 3 is 2.08 bits per heavy atom. The second-order valence-electron chi connectivity index (χ2n) is 11.7. The van der Waals surface area contributed by atoms with Gasteiger partial charge in [0, 0.05) is 50.1 Å². The Labute approximate surface area is 281 Å². The molecule has 2 aromatic rings.